The first-order chi connectivity index (χ1) is 12.3. The number of hydrogen-bond donors (Lipinski definition) is 2. The maximum absolute atomic E-state index is 12.5. The minimum absolute atomic E-state index is 0.119. The molecule has 2 rings (SSSR count). The summed E-state index contributed by atoms with van der Waals surface area (Å²) in [6.07, 6.45) is -3.67. The number of halogens is 3. The number of nitrogens with one attached hydrogen (secondary N) is 2. The lowest BCUT2D eigenvalue weighted by molar-refractivity contribution is -0.137. The number of alkyl halides is 3. The Hall–Kier alpha value is -2.78. The molecule has 0 spiro atoms. The molecule has 0 amide bonds. The lowest BCUT2D eigenvalue weighted by Crippen LogP contribution is -2.39. The number of hydrogen-bond acceptors (Lipinski definition) is 5. The zero-order valence-electron chi connectivity index (χ0n) is 14.6. The number of oxazole rings is 1. The molecule has 0 aliphatic rings. The van der Waals surface area contributed by atoms with E-state index in [2.05, 4.69) is 25.6 Å². The van der Waals surface area contributed by atoms with Crippen molar-refractivity contribution in [3.63, 3.8) is 0 Å². The Balaban J connectivity index is 1.72. The molecule has 2 aromatic heterocycles. The van der Waals surface area contributed by atoms with Gasteiger partial charge in [-0.3, -0.25) is 4.99 Å². The van der Waals surface area contributed by atoms with Crippen LogP contribution < -0.4 is 15.4 Å². The molecular weight excluding hydrogens is 351 g/mol. The van der Waals surface area contributed by atoms with Crippen LogP contribution in [-0.4, -0.2) is 36.1 Å². The van der Waals surface area contributed by atoms with E-state index in [0.717, 1.165) is 23.7 Å². The van der Waals surface area contributed by atoms with Gasteiger partial charge < -0.3 is 19.8 Å². The van der Waals surface area contributed by atoms with E-state index in [1.165, 1.54) is 6.07 Å². The van der Waals surface area contributed by atoms with Gasteiger partial charge in [0.05, 0.1) is 24.3 Å². The van der Waals surface area contributed by atoms with Gasteiger partial charge in [-0.2, -0.15) is 13.2 Å². The summed E-state index contributed by atoms with van der Waals surface area (Å²) >= 11 is 0. The van der Waals surface area contributed by atoms with Crippen LogP contribution in [0.25, 0.3) is 0 Å². The van der Waals surface area contributed by atoms with E-state index in [1.807, 2.05) is 13.8 Å². The van der Waals surface area contributed by atoms with E-state index in [9.17, 15) is 13.2 Å². The number of pyridine rings is 1. The molecule has 0 fully saturated rings. The Morgan fingerprint density at radius 3 is 2.58 bits per heavy atom. The second-order valence-electron chi connectivity index (χ2n) is 5.33. The number of aliphatic imine (C=N–C) groups is 1. The van der Waals surface area contributed by atoms with E-state index in [-0.39, 0.29) is 12.5 Å². The Labute approximate surface area is 148 Å². The van der Waals surface area contributed by atoms with Crippen molar-refractivity contribution in [2.45, 2.75) is 26.6 Å². The Morgan fingerprint density at radius 2 is 2.04 bits per heavy atom. The molecule has 0 saturated heterocycles. The average molecular weight is 371 g/mol. The predicted octanol–water partition coefficient (Wildman–Crippen LogP) is 2.45. The van der Waals surface area contributed by atoms with Crippen LogP contribution in [0.15, 0.2) is 27.7 Å². The highest BCUT2D eigenvalue weighted by Crippen LogP contribution is 2.29. The summed E-state index contributed by atoms with van der Waals surface area (Å²) in [4.78, 5) is 11.9. The van der Waals surface area contributed by atoms with Gasteiger partial charge >= 0.3 is 6.18 Å². The predicted molar refractivity (Wildman–Crippen MR) is 88.9 cm³/mol. The molecule has 2 N–H and O–H groups in total. The highest BCUT2D eigenvalue weighted by molar-refractivity contribution is 5.79. The monoisotopic (exact) mass is 371 g/mol. The molecule has 0 unspecified atom stereocenters. The normalized spacial score (nSPS) is 12.2. The fourth-order valence-electron chi connectivity index (χ4n) is 1.95. The summed E-state index contributed by atoms with van der Waals surface area (Å²) < 4.78 is 48.1. The smallest absolute Gasteiger partial charge is 0.417 e. The summed E-state index contributed by atoms with van der Waals surface area (Å²) in [6.45, 7) is 4.66. The van der Waals surface area contributed by atoms with Crippen LogP contribution in [0.2, 0.25) is 0 Å². The number of guanidine groups is 1. The topological polar surface area (TPSA) is 84.6 Å². The van der Waals surface area contributed by atoms with Crippen LogP contribution in [0.1, 0.15) is 22.9 Å². The molecule has 2 aromatic rings. The number of ether oxygens (including phenoxy) is 1. The molecule has 0 aliphatic heterocycles. The second kappa shape index (κ2) is 8.54. The van der Waals surface area contributed by atoms with Crippen LogP contribution in [0.4, 0.5) is 13.2 Å². The summed E-state index contributed by atoms with van der Waals surface area (Å²) in [5, 5.41) is 6.04. The standard InChI is InChI=1S/C16H20F3N5O2/c1-10-11(2)26-14(24-10)9-23-15(20-3)21-6-7-25-13-5-4-12(8-22-13)16(17,18)19/h4-5,8H,6-7,9H2,1-3H3,(H2,20,21,23). The molecule has 0 aliphatic carbocycles. The molecule has 0 aromatic carbocycles. The summed E-state index contributed by atoms with van der Waals surface area (Å²) in [7, 11) is 1.61. The zero-order valence-corrected chi connectivity index (χ0v) is 14.6. The zero-order chi connectivity index (χ0) is 19.2. The molecule has 10 heteroatoms. The maximum atomic E-state index is 12.5. The first kappa shape index (κ1) is 19.5. The van der Waals surface area contributed by atoms with Crippen LogP contribution in [0, 0.1) is 13.8 Å². The minimum atomic E-state index is -4.41. The van der Waals surface area contributed by atoms with Gasteiger partial charge in [-0.15, -0.1) is 0 Å². The largest absolute Gasteiger partial charge is 0.476 e. The molecule has 2 heterocycles. The van der Waals surface area contributed by atoms with Crippen molar-refractivity contribution in [1.29, 1.82) is 0 Å². The van der Waals surface area contributed by atoms with Crippen LogP contribution in [-0.2, 0) is 12.7 Å². The summed E-state index contributed by atoms with van der Waals surface area (Å²) in [5.41, 5.74) is 0.0202. The Morgan fingerprint density at radius 1 is 1.27 bits per heavy atom. The van der Waals surface area contributed by atoms with Gasteiger partial charge in [0.15, 0.2) is 5.96 Å². The van der Waals surface area contributed by atoms with Gasteiger partial charge in [-0.25, -0.2) is 9.97 Å². The lowest BCUT2D eigenvalue weighted by atomic mass is 10.3. The van der Waals surface area contributed by atoms with Gasteiger partial charge in [0.25, 0.3) is 0 Å². The van der Waals surface area contributed by atoms with Crippen molar-refractivity contribution in [3.8, 4) is 5.88 Å². The quantitative estimate of drug-likeness (QED) is 0.461. The van der Waals surface area contributed by atoms with Gasteiger partial charge in [0.2, 0.25) is 11.8 Å². The third-order valence-corrected chi connectivity index (χ3v) is 3.41. The molecule has 0 saturated carbocycles. The lowest BCUT2D eigenvalue weighted by Gasteiger charge is -2.11. The molecule has 142 valence electrons. The van der Waals surface area contributed by atoms with Crippen LogP contribution >= 0.6 is 0 Å². The Bertz CT molecular complexity index is 722. The Kier molecular flexibility index (Phi) is 6.42. The number of rotatable bonds is 6. The van der Waals surface area contributed by atoms with E-state index in [4.69, 9.17) is 9.15 Å². The van der Waals surface area contributed by atoms with Crippen molar-refractivity contribution >= 4 is 5.96 Å². The van der Waals surface area contributed by atoms with Crippen molar-refractivity contribution in [1.82, 2.24) is 20.6 Å². The van der Waals surface area contributed by atoms with E-state index >= 15 is 0 Å². The fraction of sp³-hybridized carbons (Fsp3) is 0.438. The SMILES string of the molecule is CN=C(NCCOc1ccc(C(F)(F)F)cn1)NCc1nc(C)c(C)o1. The van der Waals surface area contributed by atoms with Gasteiger partial charge in [0, 0.05) is 19.3 Å². The summed E-state index contributed by atoms with van der Waals surface area (Å²) in [5.74, 6) is 1.95. The minimum Gasteiger partial charge on any atom is -0.476 e. The highest BCUT2D eigenvalue weighted by atomic mass is 19.4. The van der Waals surface area contributed by atoms with Crippen LogP contribution in [0.5, 0.6) is 5.88 Å². The highest BCUT2D eigenvalue weighted by Gasteiger charge is 2.30. The van der Waals surface area contributed by atoms with Gasteiger partial charge in [-0.05, 0) is 19.9 Å². The van der Waals surface area contributed by atoms with E-state index in [0.29, 0.717) is 24.9 Å². The van der Waals surface area contributed by atoms with Gasteiger partial charge in [0.1, 0.15) is 12.4 Å². The van der Waals surface area contributed by atoms with E-state index < -0.39 is 11.7 Å². The fourth-order valence-corrected chi connectivity index (χ4v) is 1.95. The molecule has 0 bridgehead atoms. The number of aryl methyl sites for hydroxylation is 2. The third kappa shape index (κ3) is 5.64. The first-order valence-electron chi connectivity index (χ1n) is 7.83. The first-order valence-corrected chi connectivity index (χ1v) is 7.83. The summed E-state index contributed by atoms with van der Waals surface area (Å²) in [6, 6.07) is 2.11. The molecule has 7 nitrogen and oxygen atoms in total. The molecule has 0 atom stereocenters. The molecular formula is C16H20F3N5O2. The molecule has 26 heavy (non-hydrogen) atoms. The average Bonchev–Trinajstić information content (AvgIpc) is 2.92. The van der Waals surface area contributed by atoms with Gasteiger partial charge in [-0.1, -0.05) is 0 Å². The third-order valence-electron chi connectivity index (χ3n) is 3.41. The number of aromatic nitrogens is 2. The van der Waals surface area contributed by atoms with Crippen molar-refractivity contribution < 1.29 is 22.3 Å². The van der Waals surface area contributed by atoms with Crippen molar-refractivity contribution in [3.05, 3.63) is 41.2 Å². The second-order valence-corrected chi connectivity index (χ2v) is 5.33. The van der Waals surface area contributed by atoms with Crippen molar-refractivity contribution in [2.75, 3.05) is 20.2 Å². The van der Waals surface area contributed by atoms with Crippen molar-refractivity contribution in [2.24, 2.45) is 4.99 Å². The van der Waals surface area contributed by atoms with Crippen LogP contribution in [0.3, 0.4) is 0 Å². The molecule has 0 radical (unpaired) electrons. The maximum Gasteiger partial charge on any atom is 0.417 e. The number of nitrogens with zero attached hydrogens (tertiary/aromatic N) is 3. The van der Waals surface area contributed by atoms with E-state index in [1.54, 1.807) is 7.05 Å².